The number of benzene rings is 2. The highest BCUT2D eigenvalue weighted by Gasteiger charge is 2.32. The first-order chi connectivity index (χ1) is 11.6. The summed E-state index contributed by atoms with van der Waals surface area (Å²) in [6, 6.07) is 16.6. The Labute approximate surface area is 139 Å². The average Bonchev–Trinajstić information content (AvgIpc) is 2.60. The van der Waals surface area contributed by atoms with Gasteiger partial charge in [-0.25, -0.2) is 5.48 Å². The van der Waals surface area contributed by atoms with Crippen LogP contribution >= 0.6 is 0 Å². The van der Waals surface area contributed by atoms with E-state index >= 15 is 0 Å². The molecule has 0 fully saturated rings. The molecule has 2 aromatic carbocycles. The molecular formula is C18H18N2O4. The largest absolute Gasteiger partial charge is 0.479 e. The molecule has 1 heterocycles. The molecule has 0 aliphatic carbocycles. The van der Waals surface area contributed by atoms with Crippen LogP contribution in [0.25, 0.3) is 0 Å². The summed E-state index contributed by atoms with van der Waals surface area (Å²) < 4.78 is 5.54. The van der Waals surface area contributed by atoms with E-state index in [1.54, 1.807) is 25.1 Å². The molecule has 3 rings (SSSR count). The van der Waals surface area contributed by atoms with Gasteiger partial charge in [0, 0.05) is 0 Å². The molecule has 6 nitrogen and oxygen atoms in total. The zero-order valence-corrected chi connectivity index (χ0v) is 13.3. The van der Waals surface area contributed by atoms with Crippen molar-refractivity contribution in [3.63, 3.8) is 0 Å². The molecule has 0 aromatic heterocycles. The van der Waals surface area contributed by atoms with Gasteiger partial charge in [0.15, 0.2) is 6.10 Å². The van der Waals surface area contributed by atoms with Crippen LogP contribution in [0.3, 0.4) is 0 Å². The number of nitrogens with zero attached hydrogens (tertiary/aromatic N) is 1. The number of hydrogen-bond donors (Lipinski definition) is 1. The normalized spacial score (nSPS) is 16.3. The van der Waals surface area contributed by atoms with E-state index in [2.05, 4.69) is 5.48 Å². The van der Waals surface area contributed by atoms with E-state index in [-0.39, 0.29) is 19.1 Å². The van der Waals surface area contributed by atoms with Gasteiger partial charge in [-0.05, 0) is 24.6 Å². The molecule has 2 aromatic rings. The molecule has 124 valence electrons. The van der Waals surface area contributed by atoms with E-state index < -0.39 is 12.0 Å². The van der Waals surface area contributed by atoms with Gasteiger partial charge in [-0.1, -0.05) is 42.5 Å². The highest BCUT2D eigenvalue weighted by molar-refractivity contribution is 6.03. The molecule has 1 atom stereocenters. The Morgan fingerprint density at radius 2 is 1.88 bits per heavy atom. The Balaban J connectivity index is 1.60. The summed E-state index contributed by atoms with van der Waals surface area (Å²) in [6.07, 6.45) is -0.627. The SMILES string of the molecule is C[C@@H]1Oc2ccccc2N(CC(=O)NOCc2ccccc2)C1=O. The number of rotatable bonds is 5. The third-order valence-corrected chi connectivity index (χ3v) is 3.64. The third kappa shape index (κ3) is 3.55. The van der Waals surface area contributed by atoms with E-state index in [0.717, 1.165) is 5.56 Å². The number of hydroxylamine groups is 1. The van der Waals surface area contributed by atoms with Crippen LogP contribution in [-0.2, 0) is 21.0 Å². The van der Waals surface area contributed by atoms with Crippen molar-refractivity contribution < 1.29 is 19.2 Å². The van der Waals surface area contributed by atoms with E-state index in [1.807, 2.05) is 36.4 Å². The Bertz CT molecular complexity index is 733. The van der Waals surface area contributed by atoms with Crippen LogP contribution in [0.15, 0.2) is 54.6 Å². The lowest BCUT2D eigenvalue weighted by molar-refractivity contribution is -0.135. The van der Waals surface area contributed by atoms with Gasteiger partial charge in [-0.3, -0.25) is 19.3 Å². The summed E-state index contributed by atoms with van der Waals surface area (Å²) in [5.41, 5.74) is 3.90. The summed E-state index contributed by atoms with van der Waals surface area (Å²) in [6.45, 7) is 1.80. The fraction of sp³-hybridized carbons (Fsp3) is 0.222. The zero-order valence-electron chi connectivity index (χ0n) is 13.3. The van der Waals surface area contributed by atoms with Gasteiger partial charge in [-0.15, -0.1) is 0 Å². The standard InChI is InChI=1S/C18H18N2O4/c1-13-18(22)20(15-9-5-6-10-16(15)24-13)11-17(21)19-23-12-14-7-3-2-4-8-14/h2-10,13H,11-12H2,1H3,(H,19,21)/t13-/m0/s1. The number of para-hydroxylation sites is 2. The van der Waals surface area contributed by atoms with Gasteiger partial charge in [0.05, 0.1) is 12.3 Å². The fourth-order valence-electron chi connectivity index (χ4n) is 2.47. The number of ether oxygens (including phenoxy) is 1. The minimum Gasteiger partial charge on any atom is -0.479 e. The zero-order chi connectivity index (χ0) is 16.9. The van der Waals surface area contributed by atoms with Crippen LogP contribution < -0.4 is 15.1 Å². The van der Waals surface area contributed by atoms with Crippen LogP contribution in [0.4, 0.5) is 5.69 Å². The van der Waals surface area contributed by atoms with Crippen LogP contribution in [-0.4, -0.2) is 24.5 Å². The Morgan fingerprint density at radius 1 is 1.17 bits per heavy atom. The molecule has 24 heavy (non-hydrogen) atoms. The molecule has 1 N–H and O–H groups in total. The third-order valence-electron chi connectivity index (χ3n) is 3.64. The van der Waals surface area contributed by atoms with Crippen molar-refractivity contribution in [1.29, 1.82) is 0 Å². The molecule has 0 radical (unpaired) electrons. The quantitative estimate of drug-likeness (QED) is 0.854. The Kier molecular flexibility index (Phi) is 4.77. The Morgan fingerprint density at radius 3 is 2.67 bits per heavy atom. The molecule has 2 amide bonds. The second kappa shape index (κ2) is 7.14. The number of anilines is 1. The topological polar surface area (TPSA) is 67.9 Å². The van der Waals surface area contributed by atoms with E-state index in [9.17, 15) is 9.59 Å². The lowest BCUT2D eigenvalue weighted by Crippen LogP contribution is -2.48. The molecular weight excluding hydrogens is 308 g/mol. The predicted octanol–water partition coefficient (Wildman–Crippen LogP) is 2.05. The second-order valence-electron chi connectivity index (χ2n) is 5.45. The maximum atomic E-state index is 12.3. The predicted molar refractivity (Wildman–Crippen MR) is 88.3 cm³/mol. The van der Waals surface area contributed by atoms with Crippen molar-refractivity contribution in [2.75, 3.05) is 11.4 Å². The highest BCUT2D eigenvalue weighted by atomic mass is 16.6. The first-order valence-electron chi connectivity index (χ1n) is 7.67. The van der Waals surface area contributed by atoms with Crippen molar-refractivity contribution >= 4 is 17.5 Å². The maximum Gasteiger partial charge on any atom is 0.268 e. The molecule has 1 aliphatic heterocycles. The summed E-state index contributed by atoms with van der Waals surface area (Å²) in [7, 11) is 0. The summed E-state index contributed by atoms with van der Waals surface area (Å²) in [5, 5.41) is 0. The minimum absolute atomic E-state index is 0.127. The molecule has 0 bridgehead atoms. The van der Waals surface area contributed by atoms with Crippen molar-refractivity contribution in [1.82, 2.24) is 5.48 Å². The van der Waals surface area contributed by atoms with Gasteiger partial charge in [0.2, 0.25) is 0 Å². The first kappa shape index (κ1) is 16.0. The molecule has 0 spiro atoms. The van der Waals surface area contributed by atoms with Gasteiger partial charge >= 0.3 is 0 Å². The molecule has 6 heteroatoms. The fourth-order valence-corrected chi connectivity index (χ4v) is 2.47. The van der Waals surface area contributed by atoms with Gasteiger partial charge in [0.25, 0.3) is 11.8 Å². The molecule has 1 aliphatic rings. The average molecular weight is 326 g/mol. The number of hydrogen-bond acceptors (Lipinski definition) is 4. The maximum absolute atomic E-state index is 12.3. The van der Waals surface area contributed by atoms with E-state index in [0.29, 0.717) is 11.4 Å². The van der Waals surface area contributed by atoms with E-state index in [1.165, 1.54) is 4.90 Å². The number of fused-ring (bicyclic) bond motifs is 1. The molecule has 0 saturated heterocycles. The summed E-state index contributed by atoms with van der Waals surface area (Å²) >= 11 is 0. The number of amides is 2. The van der Waals surface area contributed by atoms with E-state index in [4.69, 9.17) is 9.57 Å². The second-order valence-corrected chi connectivity index (χ2v) is 5.45. The highest BCUT2D eigenvalue weighted by Crippen LogP contribution is 2.33. The van der Waals surface area contributed by atoms with Crippen molar-refractivity contribution in [2.24, 2.45) is 0 Å². The van der Waals surface area contributed by atoms with Crippen LogP contribution in [0, 0.1) is 0 Å². The lowest BCUT2D eigenvalue weighted by Gasteiger charge is -2.32. The summed E-state index contributed by atoms with van der Waals surface area (Å²) in [4.78, 5) is 31.0. The van der Waals surface area contributed by atoms with Crippen LogP contribution in [0.2, 0.25) is 0 Å². The van der Waals surface area contributed by atoms with Crippen LogP contribution in [0.1, 0.15) is 12.5 Å². The van der Waals surface area contributed by atoms with Crippen molar-refractivity contribution in [3.8, 4) is 5.75 Å². The van der Waals surface area contributed by atoms with Gasteiger partial charge < -0.3 is 4.74 Å². The Hall–Kier alpha value is -2.86. The van der Waals surface area contributed by atoms with Crippen LogP contribution in [0.5, 0.6) is 5.75 Å². The van der Waals surface area contributed by atoms with Crippen molar-refractivity contribution in [2.45, 2.75) is 19.6 Å². The molecule has 0 unspecified atom stereocenters. The number of nitrogens with one attached hydrogen (secondary N) is 1. The lowest BCUT2D eigenvalue weighted by atomic mass is 10.2. The minimum atomic E-state index is -0.627. The van der Waals surface area contributed by atoms with Crippen molar-refractivity contribution in [3.05, 3.63) is 60.2 Å². The smallest absolute Gasteiger partial charge is 0.268 e. The summed E-state index contributed by atoms with van der Waals surface area (Å²) in [5.74, 6) is -0.0716. The number of carbonyl (C=O) groups is 2. The van der Waals surface area contributed by atoms with Gasteiger partial charge in [-0.2, -0.15) is 0 Å². The number of carbonyl (C=O) groups excluding carboxylic acids is 2. The van der Waals surface area contributed by atoms with Gasteiger partial charge in [0.1, 0.15) is 12.3 Å². The monoisotopic (exact) mass is 326 g/mol. The first-order valence-corrected chi connectivity index (χ1v) is 7.67. The molecule has 0 saturated carbocycles.